The maximum atomic E-state index is 6.67. The number of halogens is 2. The van der Waals surface area contributed by atoms with Gasteiger partial charge in [-0.25, -0.2) is 0 Å². The summed E-state index contributed by atoms with van der Waals surface area (Å²) in [5.74, 6) is 0. The Morgan fingerprint density at radius 2 is 1.60 bits per heavy atom. The van der Waals surface area contributed by atoms with E-state index in [2.05, 4.69) is 45.2 Å². The first-order chi connectivity index (χ1) is 9.60. The van der Waals surface area contributed by atoms with Gasteiger partial charge in [-0.1, -0.05) is 100.0 Å². The summed E-state index contributed by atoms with van der Waals surface area (Å²) >= 11 is 12.1. The minimum Gasteiger partial charge on any atom is -0.261 e. The van der Waals surface area contributed by atoms with E-state index in [0.717, 1.165) is 5.56 Å². The van der Waals surface area contributed by atoms with Crippen LogP contribution in [0.4, 0.5) is 0 Å². The van der Waals surface area contributed by atoms with Gasteiger partial charge < -0.3 is 0 Å². The van der Waals surface area contributed by atoms with Crippen molar-refractivity contribution in [3.8, 4) is 0 Å². The second kappa shape index (κ2) is 5.55. The second-order valence-electron chi connectivity index (χ2n) is 4.72. The van der Waals surface area contributed by atoms with Crippen molar-refractivity contribution >= 4 is 45.5 Å². The molecule has 3 rings (SSSR count). The van der Waals surface area contributed by atoms with E-state index < -0.39 is 4.33 Å². The Balaban J connectivity index is 1.81. The molecule has 0 aliphatic carbocycles. The number of nitrogens with zero attached hydrogens (tertiary/aromatic N) is 1. The van der Waals surface area contributed by atoms with Gasteiger partial charge in [0, 0.05) is 12.6 Å². The van der Waals surface area contributed by atoms with Crippen LogP contribution in [0.5, 0.6) is 0 Å². The van der Waals surface area contributed by atoms with Crippen LogP contribution >= 0.6 is 39.3 Å². The molecule has 102 valence electrons. The van der Waals surface area contributed by atoms with Crippen LogP contribution in [-0.2, 0) is 10.1 Å². The predicted octanol–water partition coefficient (Wildman–Crippen LogP) is 5.19. The quantitative estimate of drug-likeness (QED) is 0.538. The van der Waals surface area contributed by atoms with Crippen molar-refractivity contribution in [3.05, 3.63) is 71.8 Å². The highest BCUT2D eigenvalue weighted by atomic mass is 79.9. The molecule has 2 aromatic carbocycles. The van der Waals surface area contributed by atoms with Gasteiger partial charge in [-0.05, 0) is 11.1 Å². The van der Waals surface area contributed by atoms with Gasteiger partial charge in [0.1, 0.15) is 3.66 Å². The van der Waals surface area contributed by atoms with E-state index in [0.29, 0.717) is 6.42 Å². The molecule has 2 unspecified atom stereocenters. The van der Waals surface area contributed by atoms with E-state index >= 15 is 0 Å². The molecule has 2 aromatic rings. The van der Waals surface area contributed by atoms with Crippen molar-refractivity contribution in [2.45, 2.75) is 14.4 Å². The fraction of sp³-hybridized carbons (Fsp3) is 0.188. The lowest BCUT2D eigenvalue weighted by Crippen LogP contribution is -2.18. The average molecular weight is 367 g/mol. The van der Waals surface area contributed by atoms with Crippen molar-refractivity contribution in [1.82, 2.24) is 0 Å². The standard InChI is InChI=1S/C16H13BrClNS/c17-15(14-9-5-2-6-10-14)12-19-16(18,20-15)11-13-7-3-1-4-8-13/h1-10,12H,11H2. The number of rotatable bonds is 3. The zero-order valence-electron chi connectivity index (χ0n) is 10.7. The van der Waals surface area contributed by atoms with Crippen molar-refractivity contribution < 1.29 is 0 Å². The molecule has 1 heterocycles. The molecule has 0 bridgehead atoms. The third-order valence-corrected chi connectivity index (χ3v) is 5.97. The van der Waals surface area contributed by atoms with E-state index in [9.17, 15) is 0 Å². The lowest BCUT2D eigenvalue weighted by atomic mass is 10.1. The monoisotopic (exact) mass is 365 g/mol. The zero-order chi connectivity index (χ0) is 14.1. The molecule has 2 atom stereocenters. The van der Waals surface area contributed by atoms with Gasteiger partial charge in [-0.15, -0.1) is 0 Å². The minimum atomic E-state index is -0.652. The number of aliphatic imine (C=N–C) groups is 1. The summed E-state index contributed by atoms with van der Waals surface area (Å²) in [5, 5.41) is 0. The SMILES string of the molecule is ClC1(Cc2ccccc2)N=CC(Br)(c2ccccc2)S1. The van der Waals surface area contributed by atoms with Crippen molar-refractivity contribution in [2.75, 3.05) is 0 Å². The first kappa shape index (κ1) is 14.2. The molecule has 0 aromatic heterocycles. The number of thioether (sulfide) groups is 1. The largest absolute Gasteiger partial charge is 0.261 e. The summed E-state index contributed by atoms with van der Waals surface area (Å²) in [6, 6.07) is 20.4. The molecule has 1 nitrogen and oxygen atoms in total. The summed E-state index contributed by atoms with van der Waals surface area (Å²) in [6.07, 6.45) is 2.61. The summed E-state index contributed by atoms with van der Waals surface area (Å²) in [5.41, 5.74) is 2.35. The van der Waals surface area contributed by atoms with Crippen molar-refractivity contribution in [1.29, 1.82) is 0 Å². The zero-order valence-corrected chi connectivity index (χ0v) is 13.8. The summed E-state index contributed by atoms with van der Waals surface area (Å²) < 4.78 is -0.995. The highest BCUT2D eigenvalue weighted by molar-refractivity contribution is 9.11. The predicted molar refractivity (Wildman–Crippen MR) is 91.9 cm³/mol. The molecule has 0 saturated heterocycles. The Morgan fingerprint density at radius 1 is 1.00 bits per heavy atom. The van der Waals surface area contributed by atoms with Crippen LogP contribution in [0.15, 0.2) is 65.7 Å². The Morgan fingerprint density at radius 3 is 2.25 bits per heavy atom. The molecule has 0 fully saturated rings. The molecule has 0 amide bonds. The van der Waals surface area contributed by atoms with Gasteiger partial charge in [0.15, 0.2) is 4.33 Å². The van der Waals surface area contributed by atoms with E-state index in [1.165, 1.54) is 5.56 Å². The first-order valence-corrected chi connectivity index (χ1v) is 8.32. The van der Waals surface area contributed by atoms with Gasteiger partial charge in [-0.3, -0.25) is 4.99 Å². The van der Waals surface area contributed by atoms with Gasteiger partial charge in [0.25, 0.3) is 0 Å². The number of alkyl halides is 2. The molecule has 0 spiro atoms. The highest BCUT2D eigenvalue weighted by Gasteiger charge is 2.44. The Labute approximate surface area is 136 Å². The fourth-order valence-corrected chi connectivity index (χ4v) is 5.36. The average Bonchev–Trinajstić information content (AvgIpc) is 2.78. The lowest BCUT2D eigenvalue weighted by Gasteiger charge is -2.24. The van der Waals surface area contributed by atoms with Gasteiger partial charge >= 0.3 is 0 Å². The molecule has 0 N–H and O–H groups in total. The molecular formula is C16H13BrClNS. The van der Waals surface area contributed by atoms with Crippen LogP contribution in [-0.4, -0.2) is 10.5 Å². The first-order valence-electron chi connectivity index (χ1n) is 6.34. The number of hydrogen-bond acceptors (Lipinski definition) is 2. The van der Waals surface area contributed by atoms with E-state index in [1.54, 1.807) is 11.8 Å². The third kappa shape index (κ3) is 2.95. The lowest BCUT2D eigenvalue weighted by molar-refractivity contribution is 0.841. The van der Waals surface area contributed by atoms with E-state index in [-0.39, 0.29) is 3.66 Å². The van der Waals surface area contributed by atoms with Crippen molar-refractivity contribution in [2.24, 2.45) is 4.99 Å². The second-order valence-corrected chi connectivity index (χ2v) is 8.87. The van der Waals surface area contributed by atoms with Crippen molar-refractivity contribution in [3.63, 3.8) is 0 Å². The molecule has 0 radical (unpaired) electrons. The number of hydrogen-bond donors (Lipinski definition) is 0. The van der Waals surface area contributed by atoms with Crippen LogP contribution in [0.25, 0.3) is 0 Å². The molecule has 1 aliphatic heterocycles. The molecule has 0 saturated carbocycles. The molecule has 4 heteroatoms. The highest BCUT2D eigenvalue weighted by Crippen LogP contribution is 2.55. The smallest absolute Gasteiger partial charge is 0.185 e. The van der Waals surface area contributed by atoms with E-state index in [1.807, 2.05) is 42.6 Å². The van der Waals surface area contributed by atoms with E-state index in [4.69, 9.17) is 11.6 Å². The minimum absolute atomic E-state index is 0.342. The topological polar surface area (TPSA) is 12.4 Å². The van der Waals surface area contributed by atoms with Crippen LogP contribution in [0.1, 0.15) is 11.1 Å². The molecule has 1 aliphatic rings. The maximum Gasteiger partial charge on any atom is 0.185 e. The number of benzene rings is 2. The normalized spacial score (nSPS) is 28.7. The Kier molecular flexibility index (Phi) is 3.93. The Hall–Kier alpha value is -0.770. The van der Waals surface area contributed by atoms with Crippen LogP contribution < -0.4 is 0 Å². The van der Waals surface area contributed by atoms with Crippen LogP contribution in [0, 0.1) is 0 Å². The molecule has 20 heavy (non-hydrogen) atoms. The summed E-state index contributed by atoms with van der Waals surface area (Å²) in [4.78, 5) is 4.55. The Bertz CT molecular complexity index is 619. The van der Waals surface area contributed by atoms with Crippen LogP contribution in [0.2, 0.25) is 0 Å². The van der Waals surface area contributed by atoms with Gasteiger partial charge in [-0.2, -0.15) is 0 Å². The summed E-state index contributed by atoms with van der Waals surface area (Å²) in [6.45, 7) is 0. The summed E-state index contributed by atoms with van der Waals surface area (Å²) in [7, 11) is 0. The third-order valence-electron chi connectivity index (χ3n) is 3.16. The van der Waals surface area contributed by atoms with Crippen LogP contribution in [0.3, 0.4) is 0 Å². The van der Waals surface area contributed by atoms with Gasteiger partial charge in [0.05, 0.1) is 0 Å². The molecular weight excluding hydrogens is 354 g/mol. The maximum absolute atomic E-state index is 6.67. The fourth-order valence-electron chi connectivity index (χ4n) is 2.19. The van der Waals surface area contributed by atoms with Gasteiger partial charge in [0.2, 0.25) is 0 Å².